The second-order valence-electron chi connectivity index (χ2n) is 10.7. The molecule has 2 heterocycles. The summed E-state index contributed by atoms with van der Waals surface area (Å²) in [5.74, 6) is -2.81. The number of nitrogens with zero attached hydrogens (tertiary/aromatic N) is 4. The Morgan fingerprint density at radius 2 is 1.80 bits per heavy atom. The van der Waals surface area contributed by atoms with Crippen LogP contribution in [0.15, 0.2) is 52.1 Å². The SMILES string of the molecule is Cc1c(C(=O)O)ccc2c1CC[C@@H]2NC(=O)c1cc(C(=O)NCc2cccc(CNc3c(N)c(=O)c3=O)c2)nc2c(O)nnn12. The van der Waals surface area contributed by atoms with E-state index in [0.717, 1.165) is 26.8 Å². The van der Waals surface area contributed by atoms with Crippen LogP contribution in [0, 0.1) is 6.92 Å². The molecule has 45 heavy (non-hydrogen) atoms. The van der Waals surface area contributed by atoms with E-state index < -0.39 is 40.6 Å². The van der Waals surface area contributed by atoms with Crippen molar-refractivity contribution < 1.29 is 24.6 Å². The summed E-state index contributed by atoms with van der Waals surface area (Å²) in [6.07, 6.45) is 1.13. The summed E-state index contributed by atoms with van der Waals surface area (Å²) in [5, 5.41) is 35.6. The van der Waals surface area contributed by atoms with Crippen molar-refractivity contribution in [2.75, 3.05) is 11.1 Å². The second-order valence-corrected chi connectivity index (χ2v) is 10.7. The number of amides is 2. The maximum atomic E-state index is 13.5. The number of aromatic carboxylic acids is 1. The van der Waals surface area contributed by atoms with Gasteiger partial charge in [-0.05, 0) is 53.6 Å². The Morgan fingerprint density at radius 3 is 2.53 bits per heavy atom. The molecule has 5 aromatic rings. The second kappa shape index (κ2) is 11.2. The van der Waals surface area contributed by atoms with Crippen LogP contribution < -0.4 is 32.5 Å². The fraction of sp³-hybridized carbons (Fsp3) is 0.200. The Bertz CT molecular complexity index is 2110. The smallest absolute Gasteiger partial charge is 0.335 e. The van der Waals surface area contributed by atoms with Crippen LogP contribution in [0.25, 0.3) is 5.65 Å². The van der Waals surface area contributed by atoms with Crippen LogP contribution >= 0.6 is 0 Å². The Morgan fingerprint density at radius 1 is 1.04 bits per heavy atom. The number of anilines is 2. The molecular weight excluding hydrogens is 584 g/mol. The number of hydrogen-bond donors (Lipinski definition) is 6. The van der Waals surface area contributed by atoms with Gasteiger partial charge in [-0.15, -0.1) is 0 Å². The lowest BCUT2D eigenvalue weighted by Gasteiger charge is -2.16. The zero-order valence-electron chi connectivity index (χ0n) is 23.7. The van der Waals surface area contributed by atoms with Gasteiger partial charge < -0.3 is 31.9 Å². The third-order valence-electron chi connectivity index (χ3n) is 7.91. The summed E-state index contributed by atoms with van der Waals surface area (Å²) in [4.78, 5) is 65.3. The molecule has 1 aliphatic carbocycles. The van der Waals surface area contributed by atoms with Crippen LogP contribution in [0.4, 0.5) is 11.4 Å². The first-order valence-electron chi connectivity index (χ1n) is 13.8. The summed E-state index contributed by atoms with van der Waals surface area (Å²) in [6, 6.07) is 11.2. The highest BCUT2D eigenvalue weighted by Gasteiger charge is 2.29. The highest BCUT2D eigenvalue weighted by atomic mass is 16.4. The van der Waals surface area contributed by atoms with Crippen LogP contribution in [0.3, 0.4) is 0 Å². The van der Waals surface area contributed by atoms with Gasteiger partial charge in [-0.2, -0.15) is 4.52 Å². The number of nitrogens with two attached hydrogens (primary N) is 1. The van der Waals surface area contributed by atoms with Crippen LogP contribution in [0.2, 0.25) is 0 Å². The third-order valence-corrected chi connectivity index (χ3v) is 7.91. The van der Waals surface area contributed by atoms with Crippen molar-refractivity contribution in [2.45, 2.75) is 38.9 Å². The van der Waals surface area contributed by atoms with Gasteiger partial charge in [-0.3, -0.25) is 19.2 Å². The number of nitrogen functional groups attached to an aromatic ring is 1. The molecule has 0 bridgehead atoms. The van der Waals surface area contributed by atoms with Gasteiger partial charge in [0.05, 0.1) is 11.6 Å². The molecule has 0 fully saturated rings. The van der Waals surface area contributed by atoms with E-state index in [1.807, 2.05) is 0 Å². The van der Waals surface area contributed by atoms with Gasteiger partial charge in [0.25, 0.3) is 28.6 Å². The number of carbonyl (C=O) groups is 3. The summed E-state index contributed by atoms with van der Waals surface area (Å²) in [5.41, 5.74) is 7.75. The van der Waals surface area contributed by atoms with Crippen molar-refractivity contribution in [3.63, 3.8) is 0 Å². The Hall–Kier alpha value is -6.12. The molecule has 228 valence electrons. The van der Waals surface area contributed by atoms with Gasteiger partial charge in [0.2, 0.25) is 5.65 Å². The Kier molecular flexibility index (Phi) is 7.20. The third kappa shape index (κ3) is 5.20. The number of nitrogens with one attached hydrogen (secondary N) is 3. The maximum absolute atomic E-state index is 13.5. The maximum Gasteiger partial charge on any atom is 0.335 e. The monoisotopic (exact) mass is 610 g/mol. The van der Waals surface area contributed by atoms with Crippen molar-refractivity contribution in [3.05, 3.63) is 108 Å². The lowest BCUT2D eigenvalue weighted by atomic mass is 9.98. The van der Waals surface area contributed by atoms with Gasteiger partial charge in [0.1, 0.15) is 22.8 Å². The fourth-order valence-electron chi connectivity index (χ4n) is 5.54. The summed E-state index contributed by atoms with van der Waals surface area (Å²) in [7, 11) is 0. The van der Waals surface area contributed by atoms with E-state index >= 15 is 0 Å². The molecule has 6 rings (SSSR count). The van der Waals surface area contributed by atoms with E-state index in [0.29, 0.717) is 18.4 Å². The highest BCUT2D eigenvalue weighted by Crippen LogP contribution is 2.35. The van der Waals surface area contributed by atoms with E-state index in [1.54, 1.807) is 37.3 Å². The van der Waals surface area contributed by atoms with Crippen LogP contribution in [0.1, 0.15) is 71.6 Å². The first-order chi connectivity index (χ1) is 21.5. The number of rotatable bonds is 9. The van der Waals surface area contributed by atoms with E-state index in [-0.39, 0.29) is 47.1 Å². The Labute approximate surface area is 253 Å². The minimum atomic E-state index is -1.02. The quantitative estimate of drug-likeness (QED) is 0.128. The van der Waals surface area contributed by atoms with Crippen molar-refractivity contribution in [2.24, 2.45) is 0 Å². The number of carbonyl (C=O) groups excluding carboxylic acids is 2. The van der Waals surface area contributed by atoms with Crippen molar-refractivity contribution >= 4 is 34.8 Å². The van der Waals surface area contributed by atoms with E-state index in [1.165, 1.54) is 12.1 Å². The molecule has 2 amide bonds. The van der Waals surface area contributed by atoms with Crippen molar-refractivity contribution in [1.82, 2.24) is 30.4 Å². The average Bonchev–Trinajstić information content (AvgIpc) is 3.62. The van der Waals surface area contributed by atoms with E-state index in [9.17, 15) is 34.2 Å². The first kappa shape index (κ1) is 29.0. The van der Waals surface area contributed by atoms with Crippen LogP contribution in [-0.2, 0) is 19.5 Å². The average molecular weight is 611 g/mol. The van der Waals surface area contributed by atoms with Gasteiger partial charge >= 0.3 is 5.97 Å². The predicted octanol–water partition coefficient (Wildman–Crippen LogP) is 0.974. The molecule has 15 heteroatoms. The summed E-state index contributed by atoms with van der Waals surface area (Å²) >= 11 is 0. The summed E-state index contributed by atoms with van der Waals surface area (Å²) in [6.45, 7) is 2.06. The fourth-order valence-corrected chi connectivity index (χ4v) is 5.54. The predicted molar refractivity (Wildman–Crippen MR) is 160 cm³/mol. The summed E-state index contributed by atoms with van der Waals surface area (Å²) < 4.78 is 1.04. The molecule has 15 nitrogen and oxygen atoms in total. The molecule has 1 aliphatic rings. The molecule has 7 N–H and O–H groups in total. The highest BCUT2D eigenvalue weighted by molar-refractivity contribution is 5.98. The number of hydrogen-bond acceptors (Lipinski definition) is 11. The zero-order chi connectivity index (χ0) is 32.0. The number of carboxylic acids is 1. The molecule has 0 spiro atoms. The minimum absolute atomic E-state index is 0.0807. The van der Waals surface area contributed by atoms with Crippen LogP contribution in [0.5, 0.6) is 5.88 Å². The van der Waals surface area contributed by atoms with Gasteiger partial charge in [-0.25, -0.2) is 9.78 Å². The standard InChI is InChI=1S/C30H26N8O7/c1-13-16-7-8-19(18(16)6-5-17(13)30(44)45)35-28(42)21-10-20(34-26-29(43)36-37-38(21)26)27(41)33-12-15-4-2-3-14(9-15)11-32-23-22(31)24(39)25(23)40/h2-6,9-10,19,32,43H,7-8,11-12,31H2,1H3,(H,33,41)(H,35,42)(H,44,45)/t19-/m0/s1. The lowest BCUT2D eigenvalue weighted by Crippen LogP contribution is -2.36. The van der Waals surface area contributed by atoms with Gasteiger partial charge in [0, 0.05) is 19.2 Å². The molecule has 0 aliphatic heterocycles. The topological polar surface area (TPSA) is 231 Å². The Balaban J connectivity index is 1.18. The number of fused-ring (bicyclic) bond motifs is 2. The molecule has 1 atom stereocenters. The first-order valence-corrected chi connectivity index (χ1v) is 13.8. The molecule has 2 aromatic heterocycles. The molecule has 3 aromatic carbocycles. The molecule has 0 unspecified atom stereocenters. The van der Waals surface area contributed by atoms with Crippen molar-refractivity contribution in [1.29, 1.82) is 0 Å². The van der Waals surface area contributed by atoms with E-state index in [2.05, 4.69) is 31.2 Å². The molecular formula is C30H26N8O7. The van der Waals surface area contributed by atoms with Gasteiger partial charge in [-0.1, -0.05) is 40.6 Å². The number of aromatic hydroxyl groups is 1. The molecule has 0 radical (unpaired) electrons. The lowest BCUT2D eigenvalue weighted by molar-refractivity contribution is 0.0695. The van der Waals surface area contributed by atoms with Gasteiger partial charge in [0.15, 0.2) is 0 Å². The normalized spacial score (nSPS) is 13.9. The molecule has 0 saturated carbocycles. The number of carboxylic acid groups (broad SMARTS) is 1. The number of benzene rings is 2. The van der Waals surface area contributed by atoms with Crippen LogP contribution in [-0.4, -0.2) is 47.8 Å². The van der Waals surface area contributed by atoms with Crippen molar-refractivity contribution in [3.8, 4) is 5.88 Å². The minimum Gasteiger partial charge on any atom is -0.489 e. The van der Waals surface area contributed by atoms with E-state index in [4.69, 9.17) is 5.73 Å². The zero-order valence-corrected chi connectivity index (χ0v) is 23.7. The number of aromatic nitrogens is 4. The molecule has 0 saturated heterocycles. The largest absolute Gasteiger partial charge is 0.489 e.